The number of rotatable bonds is 6. The highest BCUT2D eigenvalue weighted by atomic mass is 32.2. The smallest absolute Gasteiger partial charge is 0.216 e. The molecule has 1 fully saturated rings. The molecule has 0 spiro atoms. The normalized spacial score (nSPS) is 24.9. The summed E-state index contributed by atoms with van der Waals surface area (Å²) in [4.78, 5) is 0. The summed E-state index contributed by atoms with van der Waals surface area (Å²) in [6.45, 7) is 2.33. The maximum atomic E-state index is 12.2. The van der Waals surface area contributed by atoms with Crippen LogP contribution in [0.3, 0.4) is 0 Å². The van der Waals surface area contributed by atoms with Crippen molar-refractivity contribution in [1.82, 2.24) is 14.5 Å². The topological polar surface area (TPSA) is 82.5 Å². The fourth-order valence-electron chi connectivity index (χ4n) is 2.28. The van der Waals surface area contributed by atoms with Crippen molar-refractivity contribution in [3.63, 3.8) is 0 Å². The molecule has 1 aromatic heterocycles. The zero-order valence-electron chi connectivity index (χ0n) is 11.9. The Morgan fingerprint density at radius 3 is 3.00 bits per heavy atom. The highest BCUT2D eigenvalue weighted by Gasteiger charge is 2.35. The maximum absolute atomic E-state index is 12.2. The molecule has 8 heteroatoms. The first kappa shape index (κ1) is 15.4. The zero-order valence-corrected chi connectivity index (χ0v) is 12.8. The highest BCUT2D eigenvalue weighted by molar-refractivity contribution is 7.90. The first-order chi connectivity index (χ1) is 9.44. The summed E-state index contributed by atoms with van der Waals surface area (Å²) in [5.41, 5.74) is 0.886. The van der Waals surface area contributed by atoms with Gasteiger partial charge in [0, 0.05) is 32.5 Å². The number of sulfonamides is 1. The molecule has 7 nitrogen and oxygen atoms in total. The van der Waals surface area contributed by atoms with Gasteiger partial charge >= 0.3 is 0 Å². The monoisotopic (exact) mass is 303 g/mol. The Balaban J connectivity index is 2.08. The van der Waals surface area contributed by atoms with Crippen molar-refractivity contribution in [2.45, 2.75) is 30.7 Å². The van der Waals surface area contributed by atoms with Crippen LogP contribution in [0.15, 0.2) is 12.4 Å². The van der Waals surface area contributed by atoms with E-state index in [1.807, 2.05) is 13.2 Å². The molecule has 0 radical (unpaired) electrons. The van der Waals surface area contributed by atoms with Crippen molar-refractivity contribution in [2.75, 3.05) is 20.3 Å². The lowest BCUT2D eigenvalue weighted by atomic mass is 10.1. The van der Waals surface area contributed by atoms with Gasteiger partial charge in [-0.05, 0) is 13.3 Å². The predicted octanol–water partition coefficient (Wildman–Crippen LogP) is 0.204. The summed E-state index contributed by atoms with van der Waals surface area (Å²) >= 11 is 0. The lowest BCUT2D eigenvalue weighted by Crippen LogP contribution is -2.42. The van der Waals surface area contributed by atoms with E-state index in [-0.39, 0.29) is 18.8 Å². The molecule has 114 valence electrons. The van der Waals surface area contributed by atoms with Gasteiger partial charge in [0.1, 0.15) is 6.10 Å². The Morgan fingerprint density at radius 1 is 1.65 bits per heavy atom. The summed E-state index contributed by atoms with van der Waals surface area (Å²) in [5, 5.41) is 3.50. The molecule has 20 heavy (non-hydrogen) atoms. The Morgan fingerprint density at radius 2 is 2.40 bits per heavy atom. The third-order valence-corrected chi connectivity index (χ3v) is 5.22. The highest BCUT2D eigenvalue weighted by Crippen LogP contribution is 2.29. The number of hydrogen-bond acceptors (Lipinski definition) is 5. The second-order valence-corrected chi connectivity index (χ2v) is 7.19. The fourth-order valence-corrected chi connectivity index (χ4v) is 3.49. The van der Waals surface area contributed by atoms with E-state index in [9.17, 15) is 8.42 Å². The molecule has 2 heterocycles. The molecule has 1 aliphatic rings. The molecule has 0 bridgehead atoms. The van der Waals surface area contributed by atoms with E-state index < -0.39 is 15.3 Å². The summed E-state index contributed by atoms with van der Waals surface area (Å²) in [5.74, 6) is 0. The molecule has 0 unspecified atom stereocenters. The first-order valence-corrected chi connectivity index (χ1v) is 8.09. The van der Waals surface area contributed by atoms with Crippen LogP contribution in [0.2, 0.25) is 0 Å². The molecule has 0 saturated carbocycles. The van der Waals surface area contributed by atoms with E-state index >= 15 is 0 Å². The van der Waals surface area contributed by atoms with Crippen LogP contribution >= 0.6 is 0 Å². The molecule has 0 aromatic carbocycles. The van der Waals surface area contributed by atoms with E-state index in [4.69, 9.17) is 9.47 Å². The standard InChI is InChI=1S/C12H21N3O4S/c1-9(8-18-3)20(16,17)14-11-4-5-19-12(11)10-6-13-15(2)7-10/h6-7,9,11-12,14H,4-5,8H2,1-3H3/t9-,11+,12-/m1/s1. The van der Waals surface area contributed by atoms with Crippen molar-refractivity contribution in [3.8, 4) is 0 Å². The largest absolute Gasteiger partial charge is 0.383 e. The molecule has 1 aliphatic heterocycles. The van der Waals surface area contributed by atoms with Gasteiger partial charge in [-0.3, -0.25) is 4.68 Å². The predicted molar refractivity (Wildman–Crippen MR) is 73.7 cm³/mol. The van der Waals surface area contributed by atoms with Crippen molar-refractivity contribution in [3.05, 3.63) is 18.0 Å². The van der Waals surface area contributed by atoms with Gasteiger partial charge in [0.05, 0.1) is 24.1 Å². The SMILES string of the molecule is COC[C@@H](C)S(=O)(=O)N[C@H]1CCO[C@@H]1c1cnn(C)c1. The second kappa shape index (κ2) is 6.21. The van der Waals surface area contributed by atoms with Crippen molar-refractivity contribution >= 4 is 10.0 Å². The summed E-state index contributed by atoms with van der Waals surface area (Å²) in [7, 11) is -0.115. The van der Waals surface area contributed by atoms with Gasteiger partial charge in [-0.25, -0.2) is 13.1 Å². The number of aromatic nitrogens is 2. The van der Waals surface area contributed by atoms with E-state index in [0.717, 1.165) is 5.56 Å². The van der Waals surface area contributed by atoms with Crippen LogP contribution in [0.1, 0.15) is 25.0 Å². The second-order valence-electron chi connectivity index (χ2n) is 5.06. The van der Waals surface area contributed by atoms with Crippen LogP contribution < -0.4 is 4.72 Å². The maximum Gasteiger partial charge on any atom is 0.216 e. The summed E-state index contributed by atoms with van der Waals surface area (Å²) in [6, 6.07) is -0.261. The number of methoxy groups -OCH3 is 1. The van der Waals surface area contributed by atoms with E-state index in [1.165, 1.54) is 7.11 Å². The van der Waals surface area contributed by atoms with Gasteiger partial charge in [0.2, 0.25) is 10.0 Å². The summed E-state index contributed by atoms with van der Waals surface area (Å²) < 4.78 is 39.3. The number of nitrogens with one attached hydrogen (secondary N) is 1. The van der Waals surface area contributed by atoms with Crippen LogP contribution in [0.4, 0.5) is 0 Å². The average molecular weight is 303 g/mol. The third-order valence-electron chi connectivity index (χ3n) is 3.39. The van der Waals surface area contributed by atoms with Gasteiger partial charge in [-0.1, -0.05) is 0 Å². The Bertz CT molecular complexity index is 543. The van der Waals surface area contributed by atoms with Crippen LogP contribution in [0, 0.1) is 0 Å². The third kappa shape index (κ3) is 3.38. The zero-order chi connectivity index (χ0) is 14.8. The van der Waals surface area contributed by atoms with E-state index in [0.29, 0.717) is 13.0 Å². The van der Waals surface area contributed by atoms with Gasteiger partial charge < -0.3 is 9.47 Å². The molecule has 0 aliphatic carbocycles. The molecular weight excluding hydrogens is 282 g/mol. The quantitative estimate of drug-likeness (QED) is 0.812. The minimum atomic E-state index is -3.42. The van der Waals surface area contributed by atoms with E-state index in [2.05, 4.69) is 9.82 Å². The van der Waals surface area contributed by atoms with Crippen molar-refractivity contribution in [1.29, 1.82) is 0 Å². The molecule has 1 N–H and O–H groups in total. The molecule has 3 atom stereocenters. The Kier molecular flexibility index (Phi) is 4.79. The number of nitrogens with zero attached hydrogens (tertiary/aromatic N) is 2. The Hall–Kier alpha value is -0.960. The van der Waals surface area contributed by atoms with Crippen molar-refractivity contribution in [2.24, 2.45) is 7.05 Å². The Labute approximate surface area is 119 Å². The fraction of sp³-hybridized carbons (Fsp3) is 0.750. The lowest BCUT2D eigenvalue weighted by Gasteiger charge is -2.21. The first-order valence-electron chi connectivity index (χ1n) is 6.54. The molecule has 1 aromatic rings. The molecule has 0 amide bonds. The van der Waals surface area contributed by atoms with Crippen molar-refractivity contribution < 1.29 is 17.9 Å². The van der Waals surface area contributed by atoms with Crippen LogP contribution in [0.5, 0.6) is 0 Å². The number of ether oxygens (including phenoxy) is 2. The number of hydrogen-bond donors (Lipinski definition) is 1. The minimum absolute atomic E-state index is 0.167. The summed E-state index contributed by atoms with van der Waals surface area (Å²) in [6.07, 6.45) is 3.91. The van der Waals surface area contributed by atoms with Crippen LogP contribution in [0.25, 0.3) is 0 Å². The van der Waals surface area contributed by atoms with Gasteiger partial charge in [0.25, 0.3) is 0 Å². The van der Waals surface area contributed by atoms with Gasteiger partial charge in [-0.15, -0.1) is 0 Å². The lowest BCUT2D eigenvalue weighted by molar-refractivity contribution is 0.102. The van der Waals surface area contributed by atoms with Gasteiger partial charge in [0.15, 0.2) is 0 Å². The molecular formula is C12H21N3O4S. The minimum Gasteiger partial charge on any atom is -0.383 e. The van der Waals surface area contributed by atoms with E-state index in [1.54, 1.807) is 17.8 Å². The average Bonchev–Trinajstić information content (AvgIpc) is 2.98. The van der Waals surface area contributed by atoms with Gasteiger partial charge in [-0.2, -0.15) is 5.10 Å². The molecule has 2 rings (SSSR count). The number of aryl methyl sites for hydroxylation is 1. The van der Waals surface area contributed by atoms with Crippen LogP contribution in [-0.2, 0) is 26.5 Å². The molecule has 1 saturated heterocycles. The van der Waals surface area contributed by atoms with Crippen LogP contribution in [-0.4, -0.2) is 49.8 Å².